The smallest absolute Gasteiger partial charge is 0.263 e. The van der Waals surface area contributed by atoms with Crippen molar-refractivity contribution in [2.75, 3.05) is 25.3 Å². The topological polar surface area (TPSA) is 82.5 Å². The molecule has 2 aliphatic rings. The maximum atomic E-state index is 14.7. The van der Waals surface area contributed by atoms with E-state index >= 15 is 0 Å². The summed E-state index contributed by atoms with van der Waals surface area (Å²) in [6.45, 7) is 0. The average Bonchev–Trinajstić information content (AvgIpc) is 3.00. The lowest BCUT2D eigenvalue weighted by molar-refractivity contribution is -0.113. The number of nitrogens with zero attached hydrogens (tertiary/aromatic N) is 2. The second-order valence-electron chi connectivity index (χ2n) is 10.7. The van der Waals surface area contributed by atoms with E-state index in [9.17, 15) is 9.59 Å². The van der Waals surface area contributed by atoms with Gasteiger partial charge in [-0.2, -0.15) is 0 Å². The van der Waals surface area contributed by atoms with Crippen LogP contribution in [0, 0.1) is 0 Å². The number of fused-ring (bicyclic) bond motifs is 4. The average molecular weight is 568 g/mol. The minimum atomic E-state index is -0.237. The molecule has 8 heteroatoms. The van der Waals surface area contributed by atoms with Crippen LogP contribution in [-0.4, -0.2) is 35.4 Å². The van der Waals surface area contributed by atoms with Crippen molar-refractivity contribution in [1.29, 1.82) is 0 Å². The zero-order chi connectivity index (χ0) is 28.4. The number of aromatic nitrogens is 2. The summed E-state index contributed by atoms with van der Waals surface area (Å²) in [6, 6.07) is 23.0. The number of carbonyl (C=O) groups is 1. The standard InChI is InChI=1S/C33H33N3O4S/c1-39-25-13-8-11-23(18-25)34-28(37)21-41-32-35-30-27-15-5-4-10-22(27)20-33(16-6-3-7-17-33)29(30)31(38)36(32)24-12-9-14-26(19-24)40-2/h4-5,8-15,18-19H,3,6-7,16-17,20-21H2,1-2H3,(H,34,37). The van der Waals surface area contributed by atoms with Gasteiger partial charge >= 0.3 is 0 Å². The molecule has 0 unspecified atom stereocenters. The second kappa shape index (κ2) is 11.4. The Morgan fingerprint density at radius 2 is 1.68 bits per heavy atom. The molecule has 0 bridgehead atoms. The van der Waals surface area contributed by atoms with E-state index in [-0.39, 0.29) is 22.6 Å². The molecule has 0 atom stereocenters. The van der Waals surface area contributed by atoms with Gasteiger partial charge in [0, 0.05) is 28.8 Å². The lowest BCUT2D eigenvalue weighted by Crippen LogP contribution is -2.43. The number of nitrogens with one attached hydrogen (secondary N) is 1. The van der Waals surface area contributed by atoms with E-state index in [0.717, 1.165) is 48.9 Å². The molecule has 1 spiro atoms. The number of anilines is 1. The van der Waals surface area contributed by atoms with Gasteiger partial charge in [0.25, 0.3) is 5.56 Å². The van der Waals surface area contributed by atoms with E-state index in [4.69, 9.17) is 14.5 Å². The predicted molar refractivity (Wildman–Crippen MR) is 163 cm³/mol. The number of hydrogen-bond acceptors (Lipinski definition) is 6. The van der Waals surface area contributed by atoms with Gasteiger partial charge in [-0.05, 0) is 49.1 Å². The number of methoxy groups -OCH3 is 2. The SMILES string of the molecule is COc1cccc(NC(=O)CSc2nc3c(c(=O)n2-c2cccc(OC)c2)C2(CCCCC2)Cc2ccccc2-3)c1. The summed E-state index contributed by atoms with van der Waals surface area (Å²) in [4.78, 5) is 32.9. The summed E-state index contributed by atoms with van der Waals surface area (Å²) in [5.74, 6) is 1.20. The first-order chi connectivity index (χ1) is 20.0. The molecule has 41 heavy (non-hydrogen) atoms. The van der Waals surface area contributed by atoms with Crippen molar-refractivity contribution in [3.05, 3.63) is 94.3 Å². The molecule has 1 fully saturated rings. The molecule has 1 amide bonds. The monoisotopic (exact) mass is 567 g/mol. The maximum Gasteiger partial charge on any atom is 0.263 e. The van der Waals surface area contributed by atoms with Gasteiger partial charge in [-0.3, -0.25) is 14.2 Å². The number of rotatable bonds is 7. The lowest BCUT2D eigenvalue weighted by atomic mass is 9.62. The van der Waals surface area contributed by atoms with E-state index in [1.165, 1.54) is 23.7 Å². The highest BCUT2D eigenvalue weighted by atomic mass is 32.2. The quantitative estimate of drug-likeness (QED) is 0.205. The first kappa shape index (κ1) is 27.1. The van der Waals surface area contributed by atoms with Gasteiger partial charge in [0.15, 0.2) is 5.16 Å². The highest BCUT2D eigenvalue weighted by Gasteiger charge is 2.43. The largest absolute Gasteiger partial charge is 0.497 e. The van der Waals surface area contributed by atoms with Crippen LogP contribution in [0.2, 0.25) is 0 Å². The van der Waals surface area contributed by atoms with E-state index in [1.807, 2.05) is 48.5 Å². The van der Waals surface area contributed by atoms with Crippen LogP contribution in [-0.2, 0) is 16.6 Å². The molecule has 0 radical (unpaired) electrons. The zero-order valence-electron chi connectivity index (χ0n) is 23.3. The van der Waals surface area contributed by atoms with Crippen LogP contribution >= 0.6 is 11.8 Å². The van der Waals surface area contributed by atoms with Crippen molar-refractivity contribution < 1.29 is 14.3 Å². The van der Waals surface area contributed by atoms with Crippen molar-refractivity contribution >= 4 is 23.4 Å². The van der Waals surface area contributed by atoms with Crippen LogP contribution in [0.3, 0.4) is 0 Å². The first-order valence-corrected chi connectivity index (χ1v) is 15.0. The Labute approximate surface area is 243 Å². The molecule has 4 aromatic rings. The molecule has 2 aliphatic carbocycles. The summed E-state index contributed by atoms with van der Waals surface area (Å²) in [7, 11) is 3.20. The van der Waals surface area contributed by atoms with Gasteiger partial charge in [-0.25, -0.2) is 4.98 Å². The Morgan fingerprint density at radius 1 is 0.951 bits per heavy atom. The minimum absolute atomic E-state index is 0.0599. The number of hydrogen-bond donors (Lipinski definition) is 1. The van der Waals surface area contributed by atoms with Gasteiger partial charge in [0.2, 0.25) is 5.91 Å². The first-order valence-electron chi connectivity index (χ1n) is 14.0. The molecular weight excluding hydrogens is 534 g/mol. The van der Waals surface area contributed by atoms with E-state index in [2.05, 4.69) is 23.5 Å². The van der Waals surface area contributed by atoms with Gasteiger partial charge in [0.05, 0.1) is 36.9 Å². The van der Waals surface area contributed by atoms with Crippen molar-refractivity contribution in [1.82, 2.24) is 9.55 Å². The molecule has 210 valence electrons. The summed E-state index contributed by atoms with van der Waals surface area (Å²) in [5, 5.41) is 3.41. The minimum Gasteiger partial charge on any atom is -0.497 e. The number of amides is 1. The molecule has 0 saturated heterocycles. The molecule has 1 aromatic heterocycles. The van der Waals surface area contributed by atoms with E-state index in [0.29, 0.717) is 28.0 Å². The molecule has 1 heterocycles. The summed E-state index contributed by atoms with van der Waals surface area (Å²) >= 11 is 1.26. The number of ether oxygens (including phenoxy) is 2. The van der Waals surface area contributed by atoms with E-state index in [1.54, 1.807) is 24.9 Å². The fourth-order valence-electron chi connectivity index (χ4n) is 6.29. The normalized spacial score (nSPS) is 15.1. The Morgan fingerprint density at radius 3 is 2.46 bits per heavy atom. The fourth-order valence-corrected chi connectivity index (χ4v) is 7.10. The predicted octanol–water partition coefficient (Wildman–Crippen LogP) is 6.41. The lowest BCUT2D eigenvalue weighted by Gasteiger charge is -2.42. The van der Waals surface area contributed by atoms with Crippen LogP contribution in [0.5, 0.6) is 11.5 Å². The zero-order valence-corrected chi connectivity index (χ0v) is 24.1. The Bertz CT molecular complexity index is 1660. The molecule has 7 nitrogen and oxygen atoms in total. The Hall–Kier alpha value is -4.04. The van der Waals surface area contributed by atoms with Crippen molar-refractivity contribution in [2.45, 2.75) is 49.1 Å². The molecular formula is C33H33N3O4S. The molecule has 0 aliphatic heterocycles. The van der Waals surface area contributed by atoms with Crippen molar-refractivity contribution in [2.24, 2.45) is 0 Å². The van der Waals surface area contributed by atoms with Crippen LogP contribution in [0.15, 0.2) is 82.7 Å². The van der Waals surface area contributed by atoms with Gasteiger partial charge < -0.3 is 14.8 Å². The van der Waals surface area contributed by atoms with Crippen LogP contribution < -0.4 is 20.3 Å². The number of carbonyl (C=O) groups excluding carboxylic acids is 1. The van der Waals surface area contributed by atoms with Gasteiger partial charge in [0.1, 0.15) is 11.5 Å². The molecule has 1 N–H and O–H groups in total. The number of thioether (sulfide) groups is 1. The third-order valence-corrected chi connectivity index (χ3v) is 9.13. The molecule has 1 saturated carbocycles. The van der Waals surface area contributed by atoms with Crippen molar-refractivity contribution in [3.63, 3.8) is 0 Å². The molecule has 3 aromatic carbocycles. The second-order valence-corrected chi connectivity index (χ2v) is 11.6. The fraction of sp³-hybridized carbons (Fsp3) is 0.303. The van der Waals surface area contributed by atoms with Gasteiger partial charge in [-0.15, -0.1) is 0 Å². The van der Waals surface area contributed by atoms with Gasteiger partial charge in [-0.1, -0.05) is 67.4 Å². The third-order valence-electron chi connectivity index (χ3n) is 8.19. The van der Waals surface area contributed by atoms with Crippen LogP contribution in [0.25, 0.3) is 16.9 Å². The summed E-state index contributed by atoms with van der Waals surface area (Å²) < 4.78 is 12.4. The highest BCUT2D eigenvalue weighted by Crippen LogP contribution is 2.49. The van der Waals surface area contributed by atoms with Crippen molar-refractivity contribution in [3.8, 4) is 28.4 Å². The number of benzene rings is 3. The molecule has 6 rings (SSSR count). The van der Waals surface area contributed by atoms with E-state index < -0.39 is 0 Å². The van der Waals surface area contributed by atoms with Crippen LogP contribution in [0.1, 0.15) is 43.2 Å². The third kappa shape index (κ3) is 5.24. The summed E-state index contributed by atoms with van der Waals surface area (Å²) in [5.41, 5.74) is 4.83. The summed E-state index contributed by atoms with van der Waals surface area (Å²) in [6.07, 6.45) is 6.17. The highest BCUT2D eigenvalue weighted by molar-refractivity contribution is 7.99. The Kier molecular flexibility index (Phi) is 7.58. The maximum absolute atomic E-state index is 14.7. The Balaban J connectivity index is 1.46. The van der Waals surface area contributed by atoms with Crippen LogP contribution in [0.4, 0.5) is 5.69 Å².